The molecule has 1 atom stereocenters. The number of amides is 1. The highest BCUT2D eigenvalue weighted by atomic mass is 16.2. The molecular weight excluding hydrogens is 202 g/mol. The molecule has 0 unspecified atom stereocenters. The maximum atomic E-state index is 11.7. The Labute approximate surface area is 95.1 Å². The lowest BCUT2D eigenvalue weighted by atomic mass is 10.0. The summed E-state index contributed by atoms with van der Waals surface area (Å²) in [4.78, 5) is 24.6. The Kier molecular flexibility index (Phi) is 3.04. The number of likely N-dealkylation sites (tertiary alicyclic amines) is 1. The van der Waals surface area contributed by atoms with Gasteiger partial charge in [0.2, 0.25) is 5.91 Å². The van der Waals surface area contributed by atoms with Gasteiger partial charge in [-0.15, -0.1) is 0 Å². The van der Waals surface area contributed by atoms with Gasteiger partial charge in [-0.2, -0.15) is 0 Å². The van der Waals surface area contributed by atoms with Gasteiger partial charge in [-0.25, -0.2) is 0 Å². The van der Waals surface area contributed by atoms with Gasteiger partial charge in [-0.05, 0) is 12.5 Å². The predicted octanol–water partition coefficient (Wildman–Crippen LogP) is 1.94. The van der Waals surface area contributed by atoms with Crippen molar-refractivity contribution in [2.75, 3.05) is 6.54 Å². The second-order valence-corrected chi connectivity index (χ2v) is 4.14. The summed E-state index contributed by atoms with van der Waals surface area (Å²) in [6.45, 7) is 2.55. The highest BCUT2D eigenvalue weighted by Crippen LogP contribution is 2.23. The van der Waals surface area contributed by atoms with E-state index in [1.165, 1.54) is 0 Å². The number of carbonyl (C=O) groups excluding carboxylic acids is 2. The number of carbonyl (C=O) groups is 2. The molecule has 0 spiro atoms. The van der Waals surface area contributed by atoms with E-state index in [2.05, 4.69) is 0 Å². The van der Waals surface area contributed by atoms with Crippen LogP contribution in [0.5, 0.6) is 0 Å². The first-order valence-electron chi connectivity index (χ1n) is 5.54. The molecule has 1 amide bonds. The van der Waals surface area contributed by atoms with Crippen LogP contribution in [0.25, 0.3) is 0 Å². The van der Waals surface area contributed by atoms with Crippen molar-refractivity contribution in [3.63, 3.8) is 0 Å². The molecule has 2 rings (SSSR count). The van der Waals surface area contributed by atoms with E-state index < -0.39 is 0 Å². The van der Waals surface area contributed by atoms with Gasteiger partial charge in [0.1, 0.15) is 5.78 Å². The monoisotopic (exact) mass is 217 g/mol. The zero-order valence-corrected chi connectivity index (χ0v) is 9.35. The van der Waals surface area contributed by atoms with Crippen molar-refractivity contribution in [2.45, 2.75) is 25.8 Å². The molecule has 1 fully saturated rings. The lowest BCUT2D eigenvalue weighted by Crippen LogP contribution is -2.40. The van der Waals surface area contributed by atoms with E-state index in [9.17, 15) is 9.59 Å². The fourth-order valence-electron chi connectivity index (χ4n) is 2.05. The Hall–Kier alpha value is -1.64. The van der Waals surface area contributed by atoms with Gasteiger partial charge in [0.05, 0.1) is 12.5 Å². The van der Waals surface area contributed by atoms with Crippen LogP contribution < -0.4 is 0 Å². The Bertz CT molecular complexity index is 400. The molecule has 3 nitrogen and oxygen atoms in total. The zero-order chi connectivity index (χ0) is 11.5. The van der Waals surface area contributed by atoms with Crippen molar-refractivity contribution < 1.29 is 9.59 Å². The van der Waals surface area contributed by atoms with Gasteiger partial charge < -0.3 is 4.90 Å². The Morgan fingerprint density at radius 2 is 1.88 bits per heavy atom. The molecule has 1 saturated heterocycles. The smallest absolute Gasteiger partial charge is 0.230 e. The molecule has 0 aliphatic carbocycles. The van der Waals surface area contributed by atoms with E-state index in [-0.39, 0.29) is 24.2 Å². The predicted molar refractivity (Wildman–Crippen MR) is 60.8 cm³/mol. The number of hydrogen-bond acceptors (Lipinski definition) is 2. The van der Waals surface area contributed by atoms with E-state index in [4.69, 9.17) is 0 Å². The summed E-state index contributed by atoms with van der Waals surface area (Å²) < 4.78 is 0. The van der Waals surface area contributed by atoms with Crippen LogP contribution in [0, 0.1) is 0 Å². The lowest BCUT2D eigenvalue weighted by Gasteiger charge is -2.32. The minimum atomic E-state index is -0.0485. The van der Waals surface area contributed by atoms with Crippen LogP contribution in [0.1, 0.15) is 31.4 Å². The van der Waals surface area contributed by atoms with Crippen LogP contribution in [0.15, 0.2) is 30.3 Å². The van der Waals surface area contributed by atoms with Crippen LogP contribution in [-0.2, 0) is 9.59 Å². The molecular formula is C13H15NO2. The van der Waals surface area contributed by atoms with E-state index in [0.29, 0.717) is 13.0 Å². The summed E-state index contributed by atoms with van der Waals surface area (Å²) in [5.41, 5.74) is 1.12. The summed E-state index contributed by atoms with van der Waals surface area (Å²) in [6.07, 6.45) is 0.556. The summed E-state index contributed by atoms with van der Waals surface area (Å²) >= 11 is 0. The number of benzene rings is 1. The molecule has 1 aromatic carbocycles. The average Bonchev–Trinajstić information content (AvgIpc) is 2.29. The van der Waals surface area contributed by atoms with Gasteiger partial charge in [0.25, 0.3) is 0 Å². The van der Waals surface area contributed by atoms with E-state index in [1.807, 2.05) is 37.3 Å². The molecule has 0 N–H and O–H groups in total. The minimum absolute atomic E-state index is 0.0485. The fraction of sp³-hybridized carbons (Fsp3) is 0.385. The van der Waals surface area contributed by atoms with Crippen molar-refractivity contribution >= 4 is 11.7 Å². The van der Waals surface area contributed by atoms with Crippen molar-refractivity contribution in [1.29, 1.82) is 0 Å². The SMILES string of the molecule is C[C@H](c1ccccc1)N1CCC(=O)CC1=O. The average molecular weight is 217 g/mol. The number of rotatable bonds is 2. The third kappa shape index (κ3) is 2.13. The highest BCUT2D eigenvalue weighted by molar-refractivity contribution is 6.00. The Morgan fingerprint density at radius 1 is 1.19 bits per heavy atom. The molecule has 0 radical (unpaired) electrons. The van der Waals surface area contributed by atoms with Crippen LogP contribution in [-0.4, -0.2) is 23.1 Å². The zero-order valence-electron chi connectivity index (χ0n) is 9.35. The fourth-order valence-corrected chi connectivity index (χ4v) is 2.05. The first-order chi connectivity index (χ1) is 7.68. The highest BCUT2D eigenvalue weighted by Gasteiger charge is 2.27. The van der Waals surface area contributed by atoms with Gasteiger partial charge in [-0.3, -0.25) is 9.59 Å². The van der Waals surface area contributed by atoms with Gasteiger partial charge >= 0.3 is 0 Å². The Balaban J connectivity index is 2.13. The largest absolute Gasteiger partial charge is 0.335 e. The number of Topliss-reactive ketones (excluding diaryl/α,β-unsaturated/α-hetero) is 1. The number of nitrogens with zero attached hydrogens (tertiary/aromatic N) is 1. The quantitative estimate of drug-likeness (QED) is 0.710. The molecule has 84 valence electrons. The molecule has 1 aliphatic heterocycles. The van der Waals surface area contributed by atoms with Crippen molar-refractivity contribution in [3.8, 4) is 0 Å². The van der Waals surface area contributed by atoms with E-state index in [0.717, 1.165) is 5.56 Å². The number of piperidine rings is 1. The van der Waals surface area contributed by atoms with Crippen LogP contribution in [0.4, 0.5) is 0 Å². The van der Waals surface area contributed by atoms with Gasteiger partial charge in [0.15, 0.2) is 0 Å². The second-order valence-electron chi connectivity index (χ2n) is 4.14. The van der Waals surface area contributed by atoms with Crippen LogP contribution >= 0.6 is 0 Å². The summed E-state index contributed by atoms with van der Waals surface area (Å²) in [6, 6.07) is 9.96. The van der Waals surface area contributed by atoms with Gasteiger partial charge in [0, 0.05) is 13.0 Å². The molecule has 16 heavy (non-hydrogen) atoms. The minimum Gasteiger partial charge on any atom is -0.335 e. The van der Waals surface area contributed by atoms with Crippen molar-refractivity contribution in [3.05, 3.63) is 35.9 Å². The maximum absolute atomic E-state index is 11.7. The summed E-state index contributed by atoms with van der Waals surface area (Å²) in [5, 5.41) is 0. The van der Waals surface area contributed by atoms with Crippen LogP contribution in [0.3, 0.4) is 0 Å². The summed E-state index contributed by atoms with van der Waals surface area (Å²) in [7, 11) is 0. The third-order valence-corrected chi connectivity index (χ3v) is 3.05. The molecule has 1 aromatic rings. The molecule has 1 aliphatic rings. The number of ketones is 1. The summed E-state index contributed by atoms with van der Waals surface area (Å²) in [5.74, 6) is 0.00844. The van der Waals surface area contributed by atoms with E-state index in [1.54, 1.807) is 4.90 Å². The molecule has 0 bridgehead atoms. The van der Waals surface area contributed by atoms with Crippen molar-refractivity contribution in [1.82, 2.24) is 4.90 Å². The molecule has 3 heteroatoms. The third-order valence-electron chi connectivity index (χ3n) is 3.05. The van der Waals surface area contributed by atoms with E-state index >= 15 is 0 Å². The molecule has 0 saturated carbocycles. The normalized spacial score (nSPS) is 18.7. The van der Waals surface area contributed by atoms with Crippen molar-refractivity contribution in [2.24, 2.45) is 0 Å². The standard InChI is InChI=1S/C13H15NO2/c1-10(11-5-3-2-4-6-11)14-8-7-12(15)9-13(14)16/h2-6,10H,7-9H2,1H3/t10-/m1/s1. The Morgan fingerprint density at radius 3 is 2.50 bits per heavy atom. The van der Waals surface area contributed by atoms with Gasteiger partial charge in [-0.1, -0.05) is 30.3 Å². The topological polar surface area (TPSA) is 37.4 Å². The first kappa shape index (κ1) is 10.9. The first-order valence-corrected chi connectivity index (χ1v) is 5.54. The molecule has 0 aromatic heterocycles. The second kappa shape index (κ2) is 4.47. The lowest BCUT2D eigenvalue weighted by molar-refractivity contribution is -0.141. The van der Waals surface area contributed by atoms with Crippen LogP contribution in [0.2, 0.25) is 0 Å². The number of hydrogen-bond donors (Lipinski definition) is 0. The maximum Gasteiger partial charge on any atom is 0.230 e. The molecule has 1 heterocycles.